The third-order valence-electron chi connectivity index (χ3n) is 5.89. The molecule has 8 nitrogen and oxygen atoms in total. The molecule has 0 spiro atoms. The van der Waals surface area contributed by atoms with Gasteiger partial charge in [-0.15, -0.1) is 0 Å². The van der Waals surface area contributed by atoms with Gasteiger partial charge in [-0.3, -0.25) is 14.4 Å². The predicted molar refractivity (Wildman–Crippen MR) is 117 cm³/mol. The number of nitrogens with zero attached hydrogens (tertiary/aromatic N) is 7. The minimum Gasteiger partial charge on any atom is -0.294 e. The van der Waals surface area contributed by atoms with Crippen molar-refractivity contribution in [2.75, 3.05) is 6.54 Å². The number of hydrogen-bond donors (Lipinski definition) is 0. The summed E-state index contributed by atoms with van der Waals surface area (Å²) >= 11 is 0. The van der Waals surface area contributed by atoms with Gasteiger partial charge in [-0.1, -0.05) is 18.2 Å². The Morgan fingerprint density at radius 3 is 2.61 bits per heavy atom. The zero-order chi connectivity index (χ0) is 21.4. The van der Waals surface area contributed by atoms with E-state index >= 15 is 0 Å². The molecule has 0 radical (unpaired) electrons. The monoisotopic (exact) mass is 413 g/mol. The highest BCUT2D eigenvalue weighted by atomic mass is 16.1. The highest BCUT2D eigenvalue weighted by Crippen LogP contribution is 2.22. The van der Waals surface area contributed by atoms with E-state index in [0.717, 1.165) is 53.3 Å². The normalized spacial score (nSPS) is 13.9. The summed E-state index contributed by atoms with van der Waals surface area (Å²) in [6, 6.07) is 9.75. The molecule has 4 heterocycles. The summed E-state index contributed by atoms with van der Waals surface area (Å²) in [5, 5.41) is 0. The topological polar surface area (TPSA) is 81.7 Å². The molecule has 31 heavy (non-hydrogen) atoms. The number of para-hydroxylation sites is 1. The molecule has 8 heteroatoms. The first-order valence-electron chi connectivity index (χ1n) is 10.3. The number of aromatic nitrogens is 6. The SMILES string of the molecule is Cc1c(CN2CCc3nc(-c4cncnc4)ncc3C2)c(=O)n(-c2ccccc2)n1C. The summed E-state index contributed by atoms with van der Waals surface area (Å²) in [6.07, 6.45) is 7.64. The third kappa shape index (κ3) is 3.55. The Kier molecular flexibility index (Phi) is 4.91. The quantitative estimate of drug-likeness (QED) is 0.511. The Labute approximate surface area is 179 Å². The van der Waals surface area contributed by atoms with E-state index in [1.807, 2.05) is 55.2 Å². The Hall–Kier alpha value is -3.65. The molecular formula is C23H23N7O. The molecule has 1 aliphatic rings. The first-order valence-corrected chi connectivity index (χ1v) is 10.3. The summed E-state index contributed by atoms with van der Waals surface area (Å²) < 4.78 is 3.67. The summed E-state index contributed by atoms with van der Waals surface area (Å²) in [7, 11) is 1.93. The van der Waals surface area contributed by atoms with E-state index in [2.05, 4.69) is 19.9 Å². The highest BCUT2D eigenvalue weighted by molar-refractivity contribution is 5.52. The van der Waals surface area contributed by atoms with Crippen molar-refractivity contribution >= 4 is 0 Å². The van der Waals surface area contributed by atoms with Crippen LogP contribution in [0.5, 0.6) is 0 Å². The van der Waals surface area contributed by atoms with Gasteiger partial charge in [0.2, 0.25) is 0 Å². The van der Waals surface area contributed by atoms with Crippen LogP contribution in [0.25, 0.3) is 17.1 Å². The zero-order valence-corrected chi connectivity index (χ0v) is 17.6. The molecule has 5 rings (SSSR count). The minimum atomic E-state index is 0.0349. The minimum absolute atomic E-state index is 0.0349. The van der Waals surface area contributed by atoms with Crippen LogP contribution < -0.4 is 5.56 Å². The molecule has 1 aromatic carbocycles. The molecule has 0 bridgehead atoms. The Bertz CT molecular complexity index is 1280. The fourth-order valence-electron chi connectivity index (χ4n) is 4.09. The number of benzene rings is 1. The molecule has 1 aliphatic heterocycles. The van der Waals surface area contributed by atoms with E-state index in [-0.39, 0.29) is 5.56 Å². The Balaban J connectivity index is 1.39. The van der Waals surface area contributed by atoms with E-state index in [1.54, 1.807) is 17.1 Å². The average molecular weight is 413 g/mol. The van der Waals surface area contributed by atoms with E-state index in [1.165, 1.54) is 6.33 Å². The third-order valence-corrected chi connectivity index (χ3v) is 5.89. The van der Waals surface area contributed by atoms with Crippen molar-refractivity contribution in [1.82, 2.24) is 34.2 Å². The first-order chi connectivity index (χ1) is 15.1. The molecule has 0 unspecified atom stereocenters. The predicted octanol–water partition coefficient (Wildman–Crippen LogP) is 2.29. The fraction of sp³-hybridized carbons (Fsp3) is 0.261. The van der Waals surface area contributed by atoms with Crippen LogP contribution in [0.1, 0.15) is 22.5 Å². The summed E-state index contributed by atoms with van der Waals surface area (Å²) in [5.74, 6) is 0.650. The number of hydrogen-bond acceptors (Lipinski definition) is 6. The second-order valence-corrected chi connectivity index (χ2v) is 7.79. The summed E-state index contributed by atoms with van der Waals surface area (Å²) in [4.78, 5) is 32.8. The van der Waals surface area contributed by atoms with Crippen LogP contribution in [0.15, 0.2) is 60.0 Å². The van der Waals surface area contributed by atoms with Crippen molar-refractivity contribution in [3.8, 4) is 17.1 Å². The maximum atomic E-state index is 13.2. The maximum Gasteiger partial charge on any atom is 0.276 e. The molecule has 4 aromatic rings. The molecule has 0 fully saturated rings. The van der Waals surface area contributed by atoms with Crippen LogP contribution in [0, 0.1) is 6.92 Å². The van der Waals surface area contributed by atoms with Crippen LogP contribution in [0.4, 0.5) is 0 Å². The smallest absolute Gasteiger partial charge is 0.276 e. The van der Waals surface area contributed by atoms with Crippen molar-refractivity contribution in [2.24, 2.45) is 7.05 Å². The van der Waals surface area contributed by atoms with Crippen molar-refractivity contribution in [1.29, 1.82) is 0 Å². The van der Waals surface area contributed by atoms with Crippen LogP contribution in [-0.2, 0) is 26.6 Å². The van der Waals surface area contributed by atoms with Crippen LogP contribution >= 0.6 is 0 Å². The zero-order valence-electron chi connectivity index (χ0n) is 17.6. The van der Waals surface area contributed by atoms with Gasteiger partial charge in [0.25, 0.3) is 5.56 Å². The highest BCUT2D eigenvalue weighted by Gasteiger charge is 2.23. The molecule has 0 atom stereocenters. The van der Waals surface area contributed by atoms with Crippen LogP contribution in [0.2, 0.25) is 0 Å². The number of rotatable bonds is 4. The largest absolute Gasteiger partial charge is 0.294 e. The molecule has 3 aromatic heterocycles. The fourth-order valence-corrected chi connectivity index (χ4v) is 4.09. The molecular weight excluding hydrogens is 390 g/mol. The molecule has 0 saturated carbocycles. The van der Waals surface area contributed by atoms with Gasteiger partial charge in [0.1, 0.15) is 6.33 Å². The standard InChI is InChI=1S/C23H23N7O/c1-16-20(23(31)30(28(16)2)19-6-4-3-5-7-19)14-29-9-8-21-18(13-29)12-26-22(27-21)17-10-24-15-25-11-17/h3-7,10-12,15H,8-9,13-14H2,1-2H3. The van der Waals surface area contributed by atoms with Gasteiger partial charge in [0.05, 0.1) is 22.5 Å². The summed E-state index contributed by atoms with van der Waals surface area (Å²) in [6.45, 7) is 4.17. The molecule has 0 amide bonds. The molecule has 0 aliphatic carbocycles. The van der Waals surface area contributed by atoms with E-state index in [9.17, 15) is 4.79 Å². The molecule has 156 valence electrons. The molecule has 0 N–H and O–H groups in total. The van der Waals surface area contributed by atoms with Crippen LogP contribution in [-0.4, -0.2) is 40.7 Å². The van der Waals surface area contributed by atoms with E-state index in [0.29, 0.717) is 12.4 Å². The van der Waals surface area contributed by atoms with Gasteiger partial charge in [-0.2, -0.15) is 0 Å². The van der Waals surface area contributed by atoms with Gasteiger partial charge in [-0.05, 0) is 19.1 Å². The number of fused-ring (bicyclic) bond motifs is 1. The Morgan fingerprint density at radius 2 is 1.84 bits per heavy atom. The second-order valence-electron chi connectivity index (χ2n) is 7.79. The van der Waals surface area contributed by atoms with Crippen molar-refractivity contribution < 1.29 is 0 Å². The van der Waals surface area contributed by atoms with Crippen molar-refractivity contribution in [2.45, 2.75) is 26.4 Å². The second kappa shape index (κ2) is 7.88. The van der Waals surface area contributed by atoms with Gasteiger partial charge in [-0.25, -0.2) is 24.6 Å². The Morgan fingerprint density at radius 1 is 1.06 bits per heavy atom. The van der Waals surface area contributed by atoms with E-state index in [4.69, 9.17) is 4.98 Å². The average Bonchev–Trinajstić information content (AvgIpc) is 3.03. The van der Waals surface area contributed by atoms with E-state index < -0.39 is 0 Å². The van der Waals surface area contributed by atoms with Crippen molar-refractivity contribution in [3.63, 3.8) is 0 Å². The first kappa shape index (κ1) is 19.3. The van der Waals surface area contributed by atoms with Gasteiger partial charge < -0.3 is 0 Å². The van der Waals surface area contributed by atoms with Gasteiger partial charge in [0, 0.05) is 63.0 Å². The maximum absolute atomic E-state index is 13.2. The lowest BCUT2D eigenvalue weighted by molar-refractivity contribution is 0.241. The summed E-state index contributed by atoms with van der Waals surface area (Å²) in [5.41, 5.74) is 5.69. The van der Waals surface area contributed by atoms with Crippen molar-refractivity contribution in [3.05, 3.63) is 88.1 Å². The molecule has 0 saturated heterocycles. The van der Waals surface area contributed by atoms with Crippen LogP contribution in [0.3, 0.4) is 0 Å². The van der Waals surface area contributed by atoms with Gasteiger partial charge >= 0.3 is 0 Å². The lowest BCUT2D eigenvalue weighted by Gasteiger charge is -2.27. The van der Waals surface area contributed by atoms with Gasteiger partial charge in [0.15, 0.2) is 5.82 Å². The lowest BCUT2D eigenvalue weighted by atomic mass is 10.1. The lowest BCUT2D eigenvalue weighted by Crippen LogP contribution is -2.33.